The summed E-state index contributed by atoms with van der Waals surface area (Å²) in [5.74, 6) is 0.773. The van der Waals surface area contributed by atoms with Crippen molar-refractivity contribution in [2.24, 2.45) is 0 Å². The van der Waals surface area contributed by atoms with Crippen LogP contribution in [0.5, 0.6) is 5.75 Å². The van der Waals surface area contributed by atoms with E-state index in [4.69, 9.17) is 4.74 Å². The van der Waals surface area contributed by atoms with Gasteiger partial charge in [0.25, 0.3) is 0 Å². The van der Waals surface area contributed by atoms with Crippen LogP contribution < -0.4 is 10.4 Å². The van der Waals surface area contributed by atoms with Gasteiger partial charge in [-0.2, -0.15) is 9.61 Å². The largest absolute Gasteiger partial charge is 0.497 e. The van der Waals surface area contributed by atoms with Crippen LogP contribution in [0.2, 0.25) is 0 Å². The monoisotopic (exact) mass is 489 g/mol. The van der Waals surface area contributed by atoms with Crippen molar-refractivity contribution in [2.45, 2.75) is 26.6 Å². The van der Waals surface area contributed by atoms with Crippen molar-refractivity contribution < 1.29 is 9.84 Å². The lowest BCUT2D eigenvalue weighted by Gasteiger charge is -2.21. The predicted octanol–water partition coefficient (Wildman–Crippen LogP) is 3.47. The lowest BCUT2D eigenvalue weighted by Crippen LogP contribution is -2.27. The van der Waals surface area contributed by atoms with Crippen molar-refractivity contribution in [3.8, 4) is 5.75 Å². The van der Waals surface area contributed by atoms with Crippen LogP contribution in [0.25, 0.3) is 15.9 Å². The third-order valence-corrected chi connectivity index (χ3v) is 7.49. The van der Waals surface area contributed by atoms with E-state index in [0.717, 1.165) is 38.5 Å². The van der Waals surface area contributed by atoms with Gasteiger partial charge in [0.15, 0.2) is 5.65 Å². The molecule has 0 amide bonds. The second-order valence-electron chi connectivity index (χ2n) is 8.46. The van der Waals surface area contributed by atoms with Gasteiger partial charge in [0.2, 0.25) is 0 Å². The highest BCUT2D eigenvalue weighted by molar-refractivity contribution is 7.19. The minimum absolute atomic E-state index is 0.0768. The standard InChI is InChI=1S/C26H27N5O3S/c1-18-22(16-29(12-13-32)14-19-6-4-3-5-7-19)35-25-23(18)24-27-17-28-31(24)26(33)30(25)15-20-8-10-21(34-2)11-9-20/h3-11,17,32H,12-16H2,1-2H3. The molecular formula is C26H27N5O3S. The van der Waals surface area contributed by atoms with E-state index in [-0.39, 0.29) is 12.3 Å². The summed E-state index contributed by atoms with van der Waals surface area (Å²) in [5, 5.41) is 14.8. The van der Waals surface area contributed by atoms with Crippen LogP contribution in [-0.2, 0) is 19.6 Å². The zero-order valence-electron chi connectivity index (χ0n) is 19.7. The molecule has 180 valence electrons. The SMILES string of the molecule is COc1ccc(Cn2c(=O)n3ncnc3c3c(C)c(CN(CCO)Cc4ccccc4)sc32)cc1. The quantitative estimate of drug-likeness (QED) is 0.341. The van der Waals surface area contributed by atoms with Gasteiger partial charge in [-0.15, -0.1) is 11.3 Å². The molecule has 0 bridgehead atoms. The van der Waals surface area contributed by atoms with Gasteiger partial charge >= 0.3 is 5.69 Å². The van der Waals surface area contributed by atoms with Gasteiger partial charge in [-0.1, -0.05) is 42.5 Å². The predicted molar refractivity (Wildman–Crippen MR) is 137 cm³/mol. The summed E-state index contributed by atoms with van der Waals surface area (Å²) < 4.78 is 8.42. The summed E-state index contributed by atoms with van der Waals surface area (Å²) >= 11 is 1.61. The van der Waals surface area contributed by atoms with Crippen LogP contribution in [-0.4, -0.2) is 49.4 Å². The number of aliphatic hydroxyl groups is 1. The first-order valence-corrected chi connectivity index (χ1v) is 12.2. The van der Waals surface area contributed by atoms with Gasteiger partial charge in [-0.3, -0.25) is 9.47 Å². The molecule has 3 aromatic heterocycles. The Balaban J connectivity index is 1.57. The number of nitrogens with zero attached hydrogens (tertiary/aromatic N) is 5. The van der Waals surface area contributed by atoms with Gasteiger partial charge in [0.1, 0.15) is 16.9 Å². The smallest absolute Gasteiger partial charge is 0.352 e. The number of aryl methyl sites for hydroxylation is 1. The number of thiophene rings is 1. The first-order valence-electron chi connectivity index (χ1n) is 11.4. The highest BCUT2D eigenvalue weighted by Gasteiger charge is 2.21. The van der Waals surface area contributed by atoms with Gasteiger partial charge < -0.3 is 9.84 Å². The Morgan fingerprint density at radius 3 is 2.54 bits per heavy atom. The summed E-state index contributed by atoms with van der Waals surface area (Å²) in [5.41, 5.74) is 3.63. The molecular weight excluding hydrogens is 462 g/mol. The van der Waals surface area contributed by atoms with Crippen molar-refractivity contribution in [1.82, 2.24) is 24.1 Å². The number of benzene rings is 2. The molecule has 0 spiro atoms. The second-order valence-corrected chi connectivity index (χ2v) is 9.55. The maximum absolute atomic E-state index is 13.4. The molecule has 0 saturated carbocycles. The molecule has 2 aromatic carbocycles. The molecule has 35 heavy (non-hydrogen) atoms. The topological polar surface area (TPSA) is 84.9 Å². The third-order valence-electron chi connectivity index (χ3n) is 6.19. The molecule has 5 rings (SSSR count). The van der Waals surface area contributed by atoms with Crippen LogP contribution in [0.4, 0.5) is 0 Å². The minimum atomic E-state index is -0.217. The fraction of sp³-hybridized carbons (Fsp3) is 0.269. The van der Waals surface area contributed by atoms with E-state index in [1.165, 1.54) is 16.4 Å². The maximum Gasteiger partial charge on any atom is 0.352 e. The first kappa shape index (κ1) is 23.2. The Hall–Kier alpha value is -3.53. The normalized spacial score (nSPS) is 11.7. The summed E-state index contributed by atoms with van der Waals surface area (Å²) in [6, 6.07) is 18.0. The Morgan fingerprint density at radius 2 is 1.83 bits per heavy atom. The Labute approximate surface area is 206 Å². The lowest BCUT2D eigenvalue weighted by atomic mass is 10.1. The van der Waals surface area contributed by atoms with E-state index in [1.807, 2.05) is 42.5 Å². The molecule has 9 heteroatoms. The number of aromatic nitrogens is 4. The van der Waals surface area contributed by atoms with Crippen molar-refractivity contribution in [1.29, 1.82) is 0 Å². The fourth-order valence-corrected chi connectivity index (χ4v) is 5.69. The second kappa shape index (κ2) is 9.99. The zero-order chi connectivity index (χ0) is 24.4. The molecule has 1 N–H and O–H groups in total. The fourth-order valence-electron chi connectivity index (χ4n) is 4.35. The Bertz CT molecular complexity index is 1510. The lowest BCUT2D eigenvalue weighted by molar-refractivity contribution is 0.185. The number of rotatable bonds is 9. The summed E-state index contributed by atoms with van der Waals surface area (Å²) in [6.07, 6.45) is 1.43. The van der Waals surface area contributed by atoms with Crippen molar-refractivity contribution in [2.75, 3.05) is 20.3 Å². The Kier molecular flexibility index (Phi) is 6.63. The third kappa shape index (κ3) is 4.58. The molecule has 8 nitrogen and oxygen atoms in total. The van der Waals surface area contributed by atoms with Crippen molar-refractivity contribution in [3.05, 3.63) is 93.0 Å². The van der Waals surface area contributed by atoms with E-state index < -0.39 is 0 Å². The highest BCUT2D eigenvalue weighted by Crippen LogP contribution is 2.33. The number of aliphatic hydroxyl groups excluding tert-OH is 1. The number of fused-ring (bicyclic) bond motifs is 3. The minimum Gasteiger partial charge on any atom is -0.497 e. The maximum atomic E-state index is 13.4. The van der Waals surface area contributed by atoms with Crippen LogP contribution in [0.15, 0.2) is 65.7 Å². The van der Waals surface area contributed by atoms with Gasteiger partial charge in [-0.25, -0.2) is 9.78 Å². The summed E-state index contributed by atoms with van der Waals surface area (Å²) in [6.45, 7) is 4.52. The van der Waals surface area contributed by atoms with E-state index in [2.05, 4.69) is 34.0 Å². The molecule has 0 fully saturated rings. The highest BCUT2D eigenvalue weighted by atomic mass is 32.1. The van der Waals surface area contributed by atoms with E-state index >= 15 is 0 Å². The van der Waals surface area contributed by atoms with Crippen LogP contribution >= 0.6 is 11.3 Å². The summed E-state index contributed by atoms with van der Waals surface area (Å²) in [4.78, 5) is 22.0. The molecule has 0 unspecified atom stereocenters. The molecule has 0 aliphatic rings. The average molecular weight is 490 g/mol. The molecule has 0 aliphatic heterocycles. The Morgan fingerprint density at radius 1 is 1.06 bits per heavy atom. The van der Waals surface area contributed by atoms with Crippen LogP contribution in [0.1, 0.15) is 21.6 Å². The van der Waals surface area contributed by atoms with Gasteiger partial charge in [-0.05, 0) is 35.7 Å². The molecule has 0 aliphatic carbocycles. The molecule has 3 heterocycles. The van der Waals surface area contributed by atoms with Crippen LogP contribution in [0.3, 0.4) is 0 Å². The van der Waals surface area contributed by atoms with E-state index in [1.54, 1.807) is 23.0 Å². The number of hydrogen-bond acceptors (Lipinski definition) is 7. The number of methoxy groups -OCH3 is 1. The van der Waals surface area contributed by atoms with E-state index in [0.29, 0.717) is 25.3 Å². The summed E-state index contributed by atoms with van der Waals surface area (Å²) in [7, 11) is 1.63. The number of ether oxygens (including phenoxy) is 1. The first-order chi connectivity index (χ1) is 17.1. The van der Waals surface area contributed by atoms with Crippen LogP contribution in [0, 0.1) is 6.92 Å². The van der Waals surface area contributed by atoms with Gasteiger partial charge in [0, 0.05) is 24.5 Å². The number of hydrogen-bond donors (Lipinski definition) is 1. The molecule has 0 saturated heterocycles. The molecule has 0 radical (unpaired) electrons. The average Bonchev–Trinajstić information content (AvgIpc) is 3.48. The zero-order valence-corrected chi connectivity index (χ0v) is 20.5. The van der Waals surface area contributed by atoms with Crippen molar-refractivity contribution in [3.63, 3.8) is 0 Å². The molecule has 5 aromatic rings. The van der Waals surface area contributed by atoms with Gasteiger partial charge in [0.05, 0.1) is 25.6 Å². The van der Waals surface area contributed by atoms with Crippen molar-refractivity contribution >= 4 is 27.2 Å². The molecule has 0 atom stereocenters. The van der Waals surface area contributed by atoms with E-state index in [9.17, 15) is 9.90 Å².